The molecule has 0 spiro atoms. The van der Waals surface area contributed by atoms with Gasteiger partial charge in [0.15, 0.2) is 0 Å². The van der Waals surface area contributed by atoms with E-state index in [-0.39, 0.29) is 5.56 Å². The van der Waals surface area contributed by atoms with Crippen LogP contribution in [0.1, 0.15) is 43.7 Å². The summed E-state index contributed by atoms with van der Waals surface area (Å²) in [5, 5.41) is 7.82. The lowest BCUT2D eigenvalue weighted by Crippen LogP contribution is -2.26. The van der Waals surface area contributed by atoms with Gasteiger partial charge in [0.1, 0.15) is 0 Å². The summed E-state index contributed by atoms with van der Waals surface area (Å²) in [6, 6.07) is 21.9. The van der Waals surface area contributed by atoms with E-state index < -0.39 is 0 Å². The second kappa shape index (κ2) is 8.08. The van der Waals surface area contributed by atoms with Gasteiger partial charge in [-0.05, 0) is 82.9 Å². The van der Waals surface area contributed by atoms with Crippen molar-refractivity contribution in [1.29, 1.82) is 0 Å². The van der Waals surface area contributed by atoms with Gasteiger partial charge >= 0.3 is 0 Å². The van der Waals surface area contributed by atoms with Gasteiger partial charge in [-0.15, -0.1) is 0 Å². The molecule has 0 radical (unpaired) electrons. The van der Waals surface area contributed by atoms with Crippen LogP contribution in [0.5, 0.6) is 0 Å². The van der Waals surface area contributed by atoms with Crippen molar-refractivity contribution in [2.75, 3.05) is 7.05 Å². The van der Waals surface area contributed by atoms with Crippen LogP contribution in [0.2, 0.25) is 0 Å². The van der Waals surface area contributed by atoms with E-state index in [0.717, 1.165) is 22.3 Å². The maximum Gasteiger partial charge on any atom is 0.255 e. The minimum absolute atomic E-state index is 0.0394. The zero-order valence-corrected chi connectivity index (χ0v) is 17.4. The third-order valence-corrected chi connectivity index (χ3v) is 6.78. The molecule has 3 heteroatoms. The molecular formula is C27H28N2O. The molecule has 1 atom stereocenters. The van der Waals surface area contributed by atoms with Crippen LogP contribution in [0, 0.1) is 5.92 Å². The lowest BCUT2D eigenvalue weighted by molar-refractivity contribution is 0.282. The summed E-state index contributed by atoms with van der Waals surface area (Å²) in [6.45, 7) is 0. The number of aromatic amines is 1. The highest BCUT2D eigenvalue weighted by Gasteiger charge is 2.24. The Bertz CT molecular complexity index is 1250. The molecular weight excluding hydrogens is 368 g/mol. The standard InChI is InChI=1S/C27H28N2O/c1-28-26(18-6-3-2-4-7-18)22-11-12-24-19(17-22)8-5-9-23(24)20-10-13-25-21(16-20)14-15-29-27(25)30/h5,8-18,26,28H,2-4,6-7H2,1H3,(H,29,30). The van der Waals surface area contributed by atoms with Crippen molar-refractivity contribution < 1.29 is 0 Å². The number of nitrogens with one attached hydrogen (secondary N) is 2. The van der Waals surface area contributed by atoms with Gasteiger partial charge in [0.25, 0.3) is 5.56 Å². The lowest BCUT2D eigenvalue weighted by Gasteiger charge is -2.30. The van der Waals surface area contributed by atoms with Crippen LogP contribution in [0.4, 0.5) is 0 Å². The predicted octanol–water partition coefficient (Wildman–Crippen LogP) is 6.19. The first kappa shape index (κ1) is 19.1. The molecule has 30 heavy (non-hydrogen) atoms. The van der Waals surface area contributed by atoms with Crippen LogP contribution in [-0.2, 0) is 0 Å². The van der Waals surface area contributed by atoms with Crippen LogP contribution < -0.4 is 10.9 Å². The molecule has 1 aromatic heterocycles. The van der Waals surface area contributed by atoms with E-state index in [2.05, 4.69) is 65.9 Å². The molecule has 2 N–H and O–H groups in total. The molecule has 1 aliphatic carbocycles. The van der Waals surface area contributed by atoms with Crippen LogP contribution in [-0.4, -0.2) is 12.0 Å². The Labute approximate surface area is 177 Å². The Balaban J connectivity index is 1.57. The van der Waals surface area contributed by atoms with Crippen LogP contribution in [0.15, 0.2) is 71.7 Å². The number of fused-ring (bicyclic) bond motifs is 2. The Hall–Kier alpha value is -2.91. The number of rotatable bonds is 4. The van der Waals surface area contributed by atoms with E-state index in [1.54, 1.807) is 6.20 Å². The van der Waals surface area contributed by atoms with Gasteiger partial charge in [-0.1, -0.05) is 55.7 Å². The molecule has 152 valence electrons. The molecule has 0 amide bonds. The van der Waals surface area contributed by atoms with Crippen molar-refractivity contribution in [3.05, 3.63) is 82.8 Å². The summed E-state index contributed by atoms with van der Waals surface area (Å²) in [6.07, 6.45) is 8.44. The molecule has 1 heterocycles. The molecule has 0 saturated heterocycles. The quantitative estimate of drug-likeness (QED) is 0.432. The number of pyridine rings is 1. The molecule has 3 nitrogen and oxygen atoms in total. The van der Waals surface area contributed by atoms with Gasteiger partial charge < -0.3 is 10.3 Å². The SMILES string of the molecule is CNC(c1ccc2c(-c3ccc4c(=O)[nH]ccc4c3)cccc2c1)C1CCCCC1. The summed E-state index contributed by atoms with van der Waals surface area (Å²) in [5.74, 6) is 0.725. The molecule has 1 fully saturated rings. The van der Waals surface area contributed by atoms with E-state index in [1.165, 1.54) is 54.0 Å². The van der Waals surface area contributed by atoms with E-state index in [0.29, 0.717) is 6.04 Å². The van der Waals surface area contributed by atoms with Gasteiger partial charge in [0, 0.05) is 17.6 Å². The summed E-state index contributed by atoms with van der Waals surface area (Å²) in [4.78, 5) is 14.8. The van der Waals surface area contributed by atoms with Crippen LogP contribution >= 0.6 is 0 Å². The predicted molar refractivity (Wildman–Crippen MR) is 126 cm³/mol. The Morgan fingerprint density at radius 1 is 0.900 bits per heavy atom. The summed E-state index contributed by atoms with van der Waals surface area (Å²) in [7, 11) is 2.09. The van der Waals surface area contributed by atoms with Crippen molar-refractivity contribution in [3.8, 4) is 11.1 Å². The zero-order valence-electron chi connectivity index (χ0n) is 17.4. The molecule has 1 aliphatic rings. The fraction of sp³-hybridized carbons (Fsp3) is 0.296. The Morgan fingerprint density at radius 2 is 1.70 bits per heavy atom. The molecule has 1 saturated carbocycles. The topological polar surface area (TPSA) is 44.9 Å². The highest BCUT2D eigenvalue weighted by molar-refractivity contribution is 5.99. The van der Waals surface area contributed by atoms with Crippen molar-refractivity contribution in [2.24, 2.45) is 5.92 Å². The average molecular weight is 397 g/mol. The van der Waals surface area contributed by atoms with Gasteiger partial charge in [-0.2, -0.15) is 0 Å². The van der Waals surface area contributed by atoms with Crippen molar-refractivity contribution >= 4 is 21.5 Å². The zero-order chi connectivity index (χ0) is 20.5. The normalized spacial score (nSPS) is 16.2. The number of hydrogen-bond donors (Lipinski definition) is 2. The van der Waals surface area contributed by atoms with Gasteiger partial charge in [0.05, 0.1) is 0 Å². The Kier molecular flexibility index (Phi) is 5.14. The first-order valence-corrected chi connectivity index (χ1v) is 11.1. The number of hydrogen-bond acceptors (Lipinski definition) is 2. The highest BCUT2D eigenvalue weighted by atomic mass is 16.1. The third-order valence-electron chi connectivity index (χ3n) is 6.78. The number of aromatic nitrogens is 1. The molecule has 0 bridgehead atoms. The summed E-state index contributed by atoms with van der Waals surface area (Å²) >= 11 is 0. The van der Waals surface area contributed by atoms with E-state index in [4.69, 9.17) is 0 Å². The van der Waals surface area contributed by atoms with Gasteiger partial charge in [-0.3, -0.25) is 4.79 Å². The summed E-state index contributed by atoms with van der Waals surface area (Å²) < 4.78 is 0. The van der Waals surface area contributed by atoms with Crippen molar-refractivity contribution in [1.82, 2.24) is 10.3 Å². The van der Waals surface area contributed by atoms with Gasteiger partial charge in [0.2, 0.25) is 0 Å². The maximum absolute atomic E-state index is 12.0. The van der Waals surface area contributed by atoms with Crippen LogP contribution in [0.3, 0.4) is 0 Å². The number of H-pyrrole nitrogens is 1. The first-order chi connectivity index (χ1) is 14.7. The van der Waals surface area contributed by atoms with E-state index in [1.807, 2.05) is 12.1 Å². The lowest BCUT2D eigenvalue weighted by atomic mass is 9.80. The number of benzene rings is 3. The second-order valence-electron chi connectivity index (χ2n) is 8.56. The molecule has 4 aromatic rings. The summed E-state index contributed by atoms with van der Waals surface area (Å²) in [5.41, 5.74) is 3.70. The fourth-order valence-electron chi connectivity index (χ4n) is 5.25. The molecule has 1 unspecified atom stereocenters. The maximum atomic E-state index is 12.0. The minimum atomic E-state index is -0.0394. The van der Waals surface area contributed by atoms with E-state index >= 15 is 0 Å². The highest BCUT2D eigenvalue weighted by Crippen LogP contribution is 2.37. The Morgan fingerprint density at radius 3 is 2.53 bits per heavy atom. The smallest absolute Gasteiger partial charge is 0.255 e. The molecule has 0 aliphatic heterocycles. The molecule has 5 rings (SSSR count). The average Bonchev–Trinajstić information content (AvgIpc) is 2.80. The van der Waals surface area contributed by atoms with Crippen LogP contribution in [0.25, 0.3) is 32.7 Å². The molecule has 3 aromatic carbocycles. The second-order valence-corrected chi connectivity index (χ2v) is 8.56. The van der Waals surface area contributed by atoms with Crippen molar-refractivity contribution in [3.63, 3.8) is 0 Å². The largest absolute Gasteiger partial charge is 0.329 e. The minimum Gasteiger partial charge on any atom is -0.329 e. The fourth-order valence-corrected chi connectivity index (χ4v) is 5.25. The van der Waals surface area contributed by atoms with Crippen molar-refractivity contribution in [2.45, 2.75) is 38.1 Å². The van der Waals surface area contributed by atoms with E-state index in [9.17, 15) is 4.79 Å². The first-order valence-electron chi connectivity index (χ1n) is 11.1. The van der Waals surface area contributed by atoms with Gasteiger partial charge in [-0.25, -0.2) is 0 Å². The monoisotopic (exact) mass is 396 g/mol. The third kappa shape index (κ3) is 3.44.